The number of amides is 2. The Kier molecular flexibility index (Phi) is 5.84. The van der Waals surface area contributed by atoms with Crippen molar-refractivity contribution >= 4 is 11.7 Å². The summed E-state index contributed by atoms with van der Waals surface area (Å²) < 4.78 is 10.9. The highest BCUT2D eigenvalue weighted by molar-refractivity contribution is 5.90. The molecule has 0 atom stereocenters. The van der Waals surface area contributed by atoms with Gasteiger partial charge in [0.15, 0.2) is 0 Å². The zero-order valence-corrected chi connectivity index (χ0v) is 15.1. The minimum atomic E-state index is -0.335. The minimum Gasteiger partial charge on any atom is -0.480 e. The van der Waals surface area contributed by atoms with Gasteiger partial charge < -0.3 is 20.1 Å². The van der Waals surface area contributed by atoms with E-state index in [1.807, 2.05) is 31.2 Å². The number of pyridine rings is 2. The Balaban J connectivity index is 1.54. The molecule has 0 spiro atoms. The van der Waals surface area contributed by atoms with Crippen LogP contribution in [0.2, 0.25) is 0 Å². The number of ether oxygens (including phenoxy) is 2. The molecule has 0 saturated heterocycles. The molecule has 1 aromatic carbocycles. The number of anilines is 1. The fourth-order valence-electron chi connectivity index (χ4n) is 2.38. The molecule has 2 aromatic heterocycles. The lowest BCUT2D eigenvalue weighted by Gasteiger charge is -2.11. The molecule has 0 aliphatic carbocycles. The average molecular weight is 364 g/mol. The Bertz CT molecular complexity index is 899. The first-order valence-corrected chi connectivity index (χ1v) is 8.36. The summed E-state index contributed by atoms with van der Waals surface area (Å²) in [5.74, 6) is 1.80. The zero-order valence-electron chi connectivity index (χ0n) is 15.1. The Labute approximate surface area is 157 Å². The van der Waals surface area contributed by atoms with E-state index in [1.165, 1.54) is 7.11 Å². The molecule has 7 heteroatoms. The third-order valence-corrected chi connectivity index (χ3v) is 3.69. The van der Waals surface area contributed by atoms with Gasteiger partial charge in [0.25, 0.3) is 0 Å². The number of nitrogens with zero attached hydrogens (tertiary/aromatic N) is 2. The molecule has 2 N–H and O–H groups in total. The Morgan fingerprint density at radius 1 is 1.07 bits per heavy atom. The van der Waals surface area contributed by atoms with Crippen LogP contribution >= 0.6 is 0 Å². The normalized spacial score (nSPS) is 10.1. The monoisotopic (exact) mass is 364 g/mol. The third-order valence-electron chi connectivity index (χ3n) is 3.69. The predicted octanol–water partition coefficient (Wildman–Crippen LogP) is 3.91. The fraction of sp³-hybridized carbons (Fsp3) is 0.150. The van der Waals surface area contributed by atoms with Gasteiger partial charge in [-0.05, 0) is 48.4 Å². The molecule has 0 bridgehead atoms. The van der Waals surface area contributed by atoms with Crippen molar-refractivity contribution < 1.29 is 14.3 Å². The standard InChI is InChI=1S/C20H20N4O3/c1-14-11-18(19(26-2)22-12-14)24-20(25)23-13-15-3-5-16(6-4-15)27-17-7-9-21-10-8-17/h3-12H,13H2,1-2H3,(H2,23,24,25). The van der Waals surface area contributed by atoms with Crippen LogP contribution in [0.3, 0.4) is 0 Å². The second kappa shape index (κ2) is 8.66. The van der Waals surface area contributed by atoms with Gasteiger partial charge in [0.05, 0.1) is 7.11 Å². The van der Waals surface area contributed by atoms with Gasteiger partial charge in [-0.2, -0.15) is 0 Å². The van der Waals surface area contributed by atoms with E-state index in [4.69, 9.17) is 9.47 Å². The summed E-state index contributed by atoms with van der Waals surface area (Å²) >= 11 is 0. The molecule has 0 unspecified atom stereocenters. The van der Waals surface area contributed by atoms with Crippen molar-refractivity contribution in [2.75, 3.05) is 12.4 Å². The first-order valence-electron chi connectivity index (χ1n) is 8.36. The van der Waals surface area contributed by atoms with Crippen LogP contribution in [0.15, 0.2) is 61.1 Å². The molecule has 0 aliphatic rings. The van der Waals surface area contributed by atoms with Gasteiger partial charge in [-0.1, -0.05) is 12.1 Å². The van der Waals surface area contributed by atoms with Gasteiger partial charge in [0, 0.05) is 25.1 Å². The van der Waals surface area contributed by atoms with Crippen molar-refractivity contribution in [1.29, 1.82) is 0 Å². The minimum absolute atomic E-state index is 0.335. The van der Waals surface area contributed by atoms with Crippen molar-refractivity contribution in [3.8, 4) is 17.4 Å². The van der Waals surface area contributed by atoms with Crippen LogP contribution in [-0.4, -0.2) is 23.1 Å². The van der Waals surface area contributed by atoms with E-state index in [0.29, 0.717) is 23.9 Å². The Morgan fingerprint density at radius 2 is 1.78 bits per heavy atom. The van der Waals surface area contributed by atoms with Crippen LogP contribution in [0.4, 0.5) is 10.5 Å². The number of aromatic nitrogens is 2. The number of carbonyl (C=O) groups is 1. The van der Waals surface area contributed by atoms with Crippen LogP contribution < -0.4 is 20.1 Å². The molecule has 0 fully saturated rings. The number of methoxy groups -OCH3 is 1. The molecule has 2 heterocycles. The quantitative estimate of drug-likeness (QED) is 0.693. The number of rotatable bonds is 6. The lowest BCUT2D eigenvalue weighted by Crippen LogP contribution is -2.28. The number of benzene rings is 1. The number of hydrogen-bond donors (Lipinski definition) is 2. The third kappa shape index (κ3) is 5.18. The van der Waals surface area contributed by atoms with Gasteiger partial charge in [-0.15, -0.1) is 0 Å². The first-order chi connectivity index (χ1) is 13.1. The topological polar surface area (TPSA) is 85.4 Å². The summed E-state index contributed by atoms with van der Waals surface area (Å²) in [6.07, 6.45) is 5.02. The lowest BCUT2D eigenvalue weighted by molar-refractivity contribution is 0.251. The van der Waals surface area contributed by atoms with Crippen molar-refractivity contribution in [1.82, 2.24) is 15.3 Å². The highest BCUT2D eigenvalue weighted by Gasteiger charge is 2.09. The molecule has 0 aliphatic heterocycles. The highest BCUT2D eigenvalue weighted by Crippen LogP contribution is 2.22. The molecule has 0 saturated carbocycles. The first kappa shape index (κ1) is 18.2. The van der Waals surface area contributed by atoms with Crippen LogP contribution in [0.25, 0.3) is 0 Å². The van der Waals surface area contributed by atoms with E-state index in [1.54, 1.807) is 36.8 Å². The van der Waals surface area contributed by atoms with Crippen molar-refractivity contribution in [2.45, 2.75) is 13.5 Å². The lowest BCUT2D eigenvalue weighted by atomic mass is 10.2. The summed E-state index contributed by atoms with van der Waals surface area (Å²) in [6.45, 7) is 2.27. The van der Waals surface area contributed by atoms with Gasteiger partial charge in [0.2, 0.25) is 5.88 Å². The SMILES string of the molecule is COc1ncc(C)cc1NC(=O)NCc1ccc(Oc2ccncc2)cc1. The summed E-state index contributed by atoms with van der Waals surface area (Å²) in [5.41, 5.74) is 2.40. The van der Waals surface area contributed by atoms with Gasteiger partial charge in [0.1, 0.15) is 17.2 Å². The van der Waals surface area contributed by atoms with Crippen LogP contribution in [-0.2, 0) is 6.54 Å². The maximum absolute atomic E-state index is 12.1. The van der Waals surface area contributed by atoms with Crippen LogP contribution in [0, 0.1) is 6.92 Å². The Hall–Kier alpha value is -3.61. The molecular formula is C20H20N4O3. The van der Waals surface area contributed by atoms with E-state index in [2.05, 4.69) is 20.6 Å². The largest absolute Gasteiger partial charge is 0.480 e. The van der Waals surface area contributed by atoms with E-state index in [-0.39, 0.29) is 6.03 Å². The predicted molar refractivity (Wildman–Crippen MR) is 102 cm³/mol. The summed E-state index contributed by atoms with van der Waals surface area (Å²) in [7, 11) is 1.51. The average Bonchev–Trinajstić information content (AvgIpc) is 2.68. The van der Waals surface area contributed by atoms with Crippen LogP contribution in [0.1, 0.15) is 11.1 Å². The maximum Gasteiger partial charge on any atom is 0.319 e. The molecule has 3 rings (SSSR count). The molecule has 2 amide bonds. The number of urea groups is 1. The Morgan fingerprint density at radius 3 is 2.48 bits per heavy atom. The summed E-state index contributed by atoms with van der Waals surface area (Å²) in [4.78, 5) is 20.2. The summed E-state index contributed by atoms with van der Waals surface area (Å²) in [6, 6.07) is 12.5. The molecule has 7 nitrogen and oxygen atoms in total. The number of carbonyl (C=O) groups excluding carboxylic acids is 1. The van der Waals surface area contributed by atoms with Gasteiger partial charge in [-0.25, -0.2) is 9.78 Å². The molecular weight excluding hydrogens is 344 g/mol. The highest BCUT2D eigenvalue weighted by atomic mass is 16.5. The van der Waals surface area contributed by atoms with E-state index in [9.17, 15) is 4.79 Å². The summed E-state index contributed by atoms with van der Waals surface area (Å²) in [5, 5.41) is 5.55. The zero-order chi connectivity index (χ0) is 19.1. The van der Waals surface area contributed by atoms with E-state index < -0.39 is 0 Å². The van der Waals surface area contributed by atoms with Crippen LogP contribution in [0.5, 0.6) is 17.4 Å². The number of nitrogens with one attached hydrogen (secondary N) is 2. The van der Waals surface area contributed by atoms with E-state index >= 15 is 0 Å². The van der Waals surface area contributed by atoms with Gasteiger partial charge in [-0.3, -0.25) is 4.98 Å². The fourth-order valence-corrected chi connectivity index (χ4v) is 2.38. The number of hydrogen-bond acceptors (Lipinski definition) is 5. The van der Waals surface area contributed by atoms with Crippen molar-refractivity contribution in [3.63, 3.8) is 0 Å². The molecule has 0 radical (unpaired) electrons. The van der Waals surface area contributed by atoms with Gasteiger partial charge >= 0.3 is 6.03 Å². The number of aryl methyl sites for hydroxylation is 1. The molecule has 138 valence electrons. The smallest absolute Gasteiger partial charge is 0.319 e. The molecule has 27 heavy (non-hydrogen) atoms. The maximum atomic E-state index is 12.1. The van der Waals surface area contributed by atoms with Crippen molar-refractivity contribution in [3.05, 3.63) is 72.2 Å². The van der Waals surface area contributed by atoms with Crippen molar-refractivity contribution in [2.24, 2.45) is 0 Å². The second-order valence-corrected chi connectivity index (χ2v) is 5.81. The molecule has 3 aromatic rings. The second-order valence-electron chi connectivity index (χ2n) is 5.81. The van der Waals surface area contributed by atoms with E-state index in [0.717, 1.165) is 16.9 Å².